The van der Waals surface area contributed by atoms with Gasteiger partial charge >= 0.3 is 8.69 Å². The quantitative estimate of drug-likeness (QED) is 0.577. The Morgan fingerprint density at radius 3 is 2.47 bits per heavy atom. The molecule has 0 spiro atoms. The zero-order valence-corrected chi connectivity index (χ0v) is 11.2. The molecule has 19 heavy (non-hydrogen) atoms. The van der Waals surface area contributed by atoms with Gasteiger partial charge in [0.2, 0.25) is 0 Å². The van der Waals surface area contributed by atoms with Gasteiger partial charge in [-0.1, -0.05) is 54.6 Å². The van der Waals surface area contributed by atoms with Gasteiger partial charge < -0.3 is 4.52 Å². The fourth-order valence-corrected chi connectivity index (χ4v) is 2.64. The Hall–Kier alpha value is -1.92. The smallest absolute Gasteiger partial charge is 0.395 e. The molecule has 2 aromatic rings. The fraction of sp³-hybridized carbons (Fsp3) is 0.125. The molecule has 0 fully saturated rings. The van der Waals surface area contributed by atoms with E-state index in [1.807, 2.05) is 30.3 Å². The van der Waals surface area contributed by atoms with E-state index >= 15 is 0 Å². The standard InChI is InChI=1S/C16H13O2P/c17-19-18-15-11-5-10-14(12-6-2-1-3-7-12)16(15)13-8-4-9-13/h1-8,10-11,13H,9H2. The summed E-state index contributed by atoms with van der Waals surface area (Å²) in [6, 6.07) is 16.1. The molecule has 0 N–H and O–H groups in total. The number of benzene rings is 2. The highest BCUT2D eigenvalue weighted by atomic mass is 31.1. The predicted molar refractivity (Wildman–Crippen MR) is 76.6 cm³/mol. The molecule has 0 aromatic heterocycles. The summed E-state index contributed by atoms with van der Waals surface area (Å²) in [5.74, 6) is 1.06. The van der Waals surface area contributed by atoms with Crippen LogP contribution in [-0.4, -0.2) is 0 Å². The maximum Gasteiger partial charge on any atom is 0.395 e. The minimum atomic E-state index is -0.310. The maximum absolute atomic E-state index is 10.8. The molecule has 0 aliphatic heterocycles. The van der Waals surface area contributed by atoms with Crippen molar-refractivity contribution in [2.45, 2.75) is 12.3 Å². The highest BCUT2D eigenvalue weighted by Crippen LogP contribution is 2.42. The van der Waals surface area contributed by atoms with Gasteiger partial charge in [-0.3, -0.25) is 0 Å². The highest BCUT2D eigenvalue weighted by Gasteiger charge is 2.22. The minimum Gasteiger partial charge on any atom is -0.407 e. The second kappa shape index (κ2) is 5.38. The van der Waals surface area contributed by atoms with Crippen molar-refractivity contribution < 1.29 is 9.09 Å². The SMILES string of the molecule is O=POc1cccc(-c2ccccc2)c1C1C=CC1. The minimum absolute atomic E-state index is 0.310. The van der Waals surface area contributed by atoms with Crippen LogP contribution in [0.4, 0.5) is 0 Å². The Balaban J connectivity index is 2.15. The van der Waals surface area contributed by atoms with Crippen LogP contribution in [0.25, 0.3) is 11.1 Å². The van der Waals surface area contributed by atoms with E-state index in [1.165, 1.54) is 0 Å². The van der Waals surface area contributed by atoms with Gasteiger partial charge in [-0.15, -0.1) is 0 Å². The number of hydrogen-bond acceptors (Lipinski definition) is 2. The molecular weight excluding hydrogens is 255 g/mol. The first-order valence-corrected chi connectivity index (χ1v) is 6.98. The summed E-state index contributed by atoms with van der Waals surface area (Å²) in [6.45, 7) is 0. The molecule has 3 heteroatoms. The molecule has 1 atom stereocenters. The van der Waals surface area contributed by atoms with Crippen molar-refractivity contribution in [2.75, 3.05) is 0 Å². The Labute approximate surface area is 114 Å². The van der Waals surface area contributed by atoms with E-state index in [9.17, 15) is 4.57 Å². The molecule has 0 amide bonds. The summed E-state index contributed by atoms with van der Waals surface area (Å²) in [5.41, 5.74) is 3.43. The Morgan fingerprint density at radius 1 is 1.05 bits per heavy atom. The Kier molecular flexibility index (Phi) is 3.43. The zero-order chi connectivity index (χ0) is 13.1. The third-order valence-electron chi connectivity index (χ3n) is 3.42. The molecule has 1 aliphatic rings. The van der Waals surface area contributed by atoms with E-state index in [1.54, 1.807) is 0 Å². The van der Waals surface area contributed by atoms with E-state index in [2.05, 4.69) is 30.4 Å². The first-order valence-electron chi connectivity index (χ1n) is 6.25. The average molecular weight is 268 g/mol. The van der Waals surface area contributed by atoms with Gasteiger partial charge in [0.05, 0.1) is 0 Å². The molecule has 2 nitrogen and oxygen atoms in total. The lowest BCUT2D eigenvalue weighted by atomic mass is 9.82. The van der Waals surface area contributed by atoms with Crippen LogP contribution in [0.1, 0.15) is 17.9 Å². The summed E-state index contributed by atoms with van der Waals surface area (Å²) in [7, 11) is -0.310. The molecular formula is C16H13O2P. The van der Waals surface area contributed by atoms with E-state index in [-0.39, 0.29) is 8.69 Å². The molecule has 1 aliphatic carbocycles. The van der Waals surface area contributed by atoms with Crippen LogP contribution in [0.5, 0.6) is 5.75 Å². The summed E-state index contributed by atoms with van der Waals surface area (Å²) >= 11 is 0. The van der Waals surface area contributed by atoms with Crippen LogP contribution >= 0.6 is 8.69 Å². The van der Waals surface area contributed by atoms with Crippen LogP contribution in [-0.2, 0) is 4.57 Å². The van der Waals surface area contributed by atoms with Gasteiger partial charge in [-0.05, 0) is 23.6 Å². The number of rotatable bonds is 4. The molecule has 0 heterocycles. The van der Waals surface area contributed by atoms with Crippen molar-refractivity contribution in [3.8, 4) is 16.9 Å². The average Bonchev–Trinajstić information content (AvgIpc) is 2.40. The van der Waals surface area contributed by atoms with Crippen molar-refractivity contribution in [1.29, 1.82) is 0 Å². The summed E-state index contributed by atoms with van der Waals surface area (Å²) in [5, 5.41) is 0. The van der Waals surface area contributed by atoms with Crippen molar-refractivity contribution in [2.24, 2.45) is 0 Å². The normalized spacial score (nSPS) is 17.2. The lowest BCUT2D eigenvalue weighted by Gasteiger charge is -2.23. The molecule has 1 unspecified atom stereocenters. The van der Waals surface area contributed by atoms with Crippen molar-refractivity contribution >= 4 is 8.69 Å². The van der Waals surface area contributed by atoms with Crippen molar-refractivity contribution in [1.82, 2.24) is 0 Å². The molecule has 0 radical (unpaired) electrons. The monoisotopic (exact) mass is 268 g/mol. The van der Waals surface area contributed by atoms with E-state index in [0.717, 1.165) is 23.1 Å². The van der Waals surface area contributed by atoms with Crippen LogP contribution in [0.2, 0.25) is 0 Å². The summed E-state index contributed by atoms with van der Waals surface area (Å²) in [4.78, 5) is 0. The van der Waals surface area contributed by atoms with Gasteiger partial charge in [0.25, 0.3) is 0 Å². The molecule has 0 bridgehead atoms. The van der Waals surface area contributed by atoms with Crippen LogP contribution in [0, 0.1) is 0 Å². The van der Waals surface area contributed by atoms with Gasteiger partial charge in [-0.25, -0.2) is 4.57 Å². The topological polar surface area (TPSA) is 26.3 Å². The lowest BCUT2D eigenvalue weighted by molar-refractivity contribution is 0.519. The molecule has 2 aromatic carbocycles. The second-order valence-corrected chi connectivity index (χ2v) is 4.85. The fourth-order valence-electron chi connectivity index (χ4n) is 2.40. The van der Waals surface area contributed by atoms with E-state index in [0.29, 0.717) is 11.7 Å². The van der Waals surface area contributed by atoms with Gasteiger partial charge in [-0.2, -0.15) is 0 Å². The van der Waals surface area contributed by atoms with Gasteiger partial charge in [0, 0.05) is 11.5 Å². The third kappa shape index (κ3) is 2.32. The molecule has 0 saturated carbocycles. The number of allylic oxidation sites excluding steroid dienone is 2. The highest BCUT2D eigenvalue weighted by molar-refractivity contribution is 7.17. The lowest BCUT2D eigenvalue weighted by Crippen LogP contribution is -2.04. The summed E-state index contributed by atoms with van der Waals surface area (Å²) in [6.07, 6.45) is 5.32. The number of hydrogen-bond donors (Lipinski definition) is 0. The van der Waals surface area contributed by atoms with Crippen LogP contribution < -0.4 is 4.52 Å². The molecule has 94 valence electrons. The maximum atomic E-state index is 10.8. The van der Waals surface area contributed by atoms with Crippen molar-refractivity contribution in [3.05, 3.63) is 66.2 Å². The van der Waals surface area contributed by atoms with Gasteiger partial charge in [0.1, 0.15) is 5.75 Å². The first kappa shape index (κ1) is 12.1. The zero-order valence-electron chi connectivity index (χ0n) is 10.3. The van der Waals surface area contributed by atoms with Gasteiger partial charge in [0.15, 0.2) is 0 Å². The van der Waals surface area contributed by atoms with E-state index in [4.69, 9.17) is 4.52 Å². The molecule has 3 rings (SSSR count). The molecule has 0 saturated heterocycles. The van der Waals surface area contributed by atoms with E-state index < -0.39 is 0 Å². The summed E-state index contributed by atoms with van der Waals surface area (Å²) < 4.78 is 16.0. The van der Waals surface area contributed by atoms with Crippen molar-refractivity contribution in [3.63, 3.8) is 0 Å². The van der Waals surface area contributed by atoms with Crippen LogP contribution in [0.15, 0.2) is 60.7 Å². The third-order valence-corrected chi connectivity index (χ3v) is 3.69. The largest absolute Gasteiger partial charge is 0.407 e. The second-order valence-electron chi connectivity index (χ2n) is 4.52. The first-order chi connectivity index (χ1) is 9.40. The Bertz CT molecular complexity index is 620. The Morgan fingerprint density at radius 2 is 1.84 bits per heavy atom. The predicted octanol–water partition coefficient (Wildman–Crippen LogP) is 4.98. The van der Waals surface area contributed by atoms with Crippen LogP contribution in [0.3, 0.4) is 0 Å².